The normalized spacial score (nSPS) is 9.06. The summed E-state index contributed by atoms with van der Waals surface area (Å²) in [5, 5.41) is 17.5. The summed E-state index contributed by atoms with van der Waals surface area (Å²) in [6.07, 6.45) is 0. The molecule has 0 bridgehead atoms. The van der Waals surface area contributed by atoms with Gasteiger partial charge in [-0.2, -0.15) is 0 Å². The van der Waals surface area contributed by atoms with Crippen LogP contribution in [0.2, 0.25) is 0 Å². The van der Waals surface area contributed by atoms with Crippen molar-refractivity contribution >= 4 is 15.9 Å². The minimum Gasteiger partial charge on any atom is -0.508 e. The number of methoxy groups -OCH3 is 1. The fourth-order valence-electron chi connectivity index (χ4n) is 1.02. The molecule has 3 nitrogen and oxygen atoms in total. The van der Waals surface area contributed by atoms with Crippen molar-refractivity contribution in [2.24, 2.45) is 0 Å². The summed E-state index contributed by atoms with van der Waals surface area (Å²) in [6, 6.07) is 13.4. The maximum Gasteiger partial charge on any atom is 0.119 e. The van der Waals surface area contributed by atoms with E-state index in [9.17, 15) is 0 Å². The average Bonchev–Trinajstić information content (AvgIpc) is 2.35. The van der Waals surface area contributed by atoms with Crippen LogP contribution in [0.5, 0.6) is 17.2 Å². The van der Waals surface area contributed by atoms with Gasteiger partial charge in [-0.25, -0.2) is 0 Å². The lowest BCUT2D eigenvalue weighted by atomic mass is 10.3. The first-order valence-corrected chi connectivity index (χ1v) is 5.68. The number of hydrogen-bond donors (Lipinski definition) is 2. The van der Waals surface area contributed by atoms with Crippen LogP contribution >= 0.6 is 15.9 Å². The molecule has 0 aliphatic rings. The quantitative estimate of drug-likeness (QED) is 0.846. The number of hydrogen-bond acceptors (Lipinski definition) is 3. The van der Waals surface area contributed by atoms with Gasteiger partial charge in [0.2, 0.25) is 0 Å². The predicted molar refractivity (Wildman–Crippen MR) is 70.5 cm³/mol. The molecule has 17 heavy (non-hydrogen) atoms. The third-order valence-corrected chi connectivity index (χ3v) is 2.43. The monoisotopic (exact) mass is 296 g/mol. The van der Waals surface area contributed by atoms with Gasteiger partial charge >= 0.3 is 0 Å². The first-order chi connectivity index (χ1) is 8.11. The molecule has 0 radical (unpaired) electrons. The summed E-state index contributed by atoms with van der Waals surface area (Å²) < 4.78 is 5.84. The number of halogens is 1. The van der Waals surface area contributed by atoms with Gasteiger partial charge < -0.3 is 14.9 Å². The largest absolute Gasteiger partial charge is 0.508 e. The van der Waals surface area contributed by atoms with Crippen molar-refractivity contribution in [1.82, 2.24) is 0 Å². The highest BCUT2D eigenvalue weighted by Gasteiger charge is 1.87. The van der Waals surface area contributed by atoms with E-state index in [0.29, 0.717) is 5.75 Å². The number of ether oxygens (including phenoxy) is 1. The van der Waals surface area contributed by atoms with Crippen LogP contribution in [0.25, 0.3) is 0 Å². The van der Waals surface area contributed by atoms with Crippen molar-refractivity contribution in [2.75, 3.05) is 7.11 Å². The Kier molecular flexibility index (Phi) is 5.36. The smallest absolute Gasteiger partial charge is 0.119 e. The Balaban J connectivity index is 0.000000171. The molecule has 2 N–H and O–H groups in total. The van der Waals surface area contributed by atoms with Crippen molar-refractivity contribution in [3.8, 4) is 17.2 Å². The van der Waals surface area contributed by atoms with E-state index in [-0.39, 0.29) is 5.75 Å². The Labute approximate surface area is 108 Å². The van der Waals surface area contributed by atoms with Gasteiger partial charge in [0.05, 0.1) is 7.11 Å². The molecule has 0 saturated carbocycles. The lowest BCUT2D eigenvalue weighted by molar-refractivity contribution is 0.412. The third-order valence-electron chi connectivity index (χ3n) is 1.90. The molecule has 0 saturated heterocycles. The van der Waals surface area contributed by atoms with E-state index >= 15 is 0 Å². The Morgan fingerprint density at radius 2 is 1.24 bits per heavy atom. The molecule has 90 valence electrons. The highest BCUT2D eigenvalue weighted by atomic mass is 79.9. The summed E-state index contributed by atoms with van der Waals surface area (Å²) >= 11 is 3.23. The van der Waals surface area contributed by atoms with Crippen LogP contribution < -0.4 is 4.74 Å². The second kappa shape index (κ2) is 6.81. The Morgan fingerprint density at radius 3 is 1.59 bits per heavy atom. The van der Waals surface area contributed by atoms with E-state index in [1.54, 1.807) is 55.6 Å². The maximum absolute atomic E-state index is 8.80. The third kappa shape index (κ3) is 5.26. The van der Waals surface area contributed by atoms with E-state index in [4.69, 9.17) is 14.9 Å². The molecule has 2 aromatic rings. The summed E-state index contributed by atoms with van der Waals surface area (Å²) in [6.45, 7) is 0. The van der Waals surface area contributed by atoms with Gasteiger partial charge in [0.15, 0.2) is 0 Å². The van der Waals surface area contributed by atoms with Crippen molar-refractivity contribution in [2.45, 2.75) is 0 Å². The molecule has 0 atom stereocenters. The topological polar surface area (TPSA) is 49.7 Å². The molecular formula is C13H13BrO3. The fourth-order valence-corrected chi connectivity index (χ4v) is 1.29. The van der Waals surface area contributed by atoms with E-state index < -0.39 is 0 Å². The van der Waals surface area contributed by atoms with Gasteiger partial charge in [0.25, 0.3) is 0 Å². The maximum atomic E-state index is 8.80. The molecule has 0 aliphatic heterocycles. The lowest BCUT2D eigenvalue weighted by Crippen LogP contribution is -1.79. The van der Waals surface area contributed by atoms with E-state index in [0.717, 1.165) is 10.2 Å². The molecule has 0 aromatic heterocycles. The van der Waals surface area contributed by atoms with Crippen LogP contribution in [-0.2, 0) is 0 Å². The molecule has 0 fully saturated rings. The van der Waals surface area contributed by atoms with Gasteiger partial charge in [-0.15, -0.1) is 0 Å². The van der Waals surface area contributed by atoms with Crippen molar-refractivity contribution < 1.29 is 14.9 Å². The zero-order valence-electron chi connectivity index (χ0n) is 9.30. The minimum atomic E-state index is 0.260. The predicted octanol–water partition coefficient (Wildman–Crippen LogP) is 3.56. The molecule has 4 heteroatoms. The summed E-state index contributed by atoms with van der Waals surface area (Å²) in [5.41, 5.74) is 0. The molecular weight excluding hydrogens is 284 g/mol. The Morgan fingerprint density at radius 1 is 0.824 bits per heavy atom. The van der Waals surface area contributed by atoms with E-state index in [1.807, 2.05) is 0 Å². The second-order valence-corrected chi connectivity index (χ2v) is 4.09. The van der Waals surface area contributed by atoms with Crippen LogP contribution in [0.4, 0.5) is 0 Å². The highest BCUT2D eigenvalue weighted by Crippen LogP contribution is 2.14. The molecule has 2 rings (SSSR count). The highest BCUT2D eigenvalue weighted by molar-refractivity contribution is 9.10. The zero-order valence-corrected chi connectivity index (χ0v) is 10.9. The molecule has 0 aliphatic carbocycles. The minimum absolute atomic E-state index is 0.260. The van der Waals surface area contributed by atoms with Crippen LogP contribution in [0.3, 0.4) is 0 Å². The molecule has 0 heterocycles. The standard InChI is InChI=1S/C7H8O2.C6H5BrO/c1-9-7-4-2-6(8)3-5-7;7-5-1-3-6(8)4-2-5/h2-5,8H,1H3;1-4,8H. The number of phenolic OH excluding ortho intramolecular Hbond substituents is 2. The molecule has 0 unspecified atom stereocenters. The molecule has 0 amide bonds. The molecule has 2 aromatic carbocycles. The second-order valence-electron chi connectivity index (χ2n) is 3.17. The average molecular weight is 297 g/mol. The van der Waals surface area contributed by atoms with Crippen LogP contribution in [0.15, 0.2) is 53.0 Å². The molecule has 0 spiro atoms. The first-order valence-electron chi connectivity index (χ1n) is 4.89. The van der Waals surface area contributed by atoms with Gasteiger partial charge in [0, 0.05) is 4.47 Å². The summed E-state index contributed by atoms with van der Waals surface area (Å²) in [4.78, 5) is 0. The number of aromatic hydroxyl groups is 2. The number of phenols is 2. The van der Waals surface area contributed by atoms with Crippen LogP contribution in [0.1, 0.15) is 0 Å². The number of benzene rings is 2. The van der Waals surface area contributed by atoms with Crippen LogP contribution in [-0.4, -0.2) is 17.3 Å². The number of rotatable bonds is 1. The Hall–Kier alpha value is -1.68. The summed E-state index contributed by atoms with van der Waals surface area (Å²) in [7, 11) is 1.59. The van der Waals surface area contributed by atoms with Gasteiger partial charge in [-0.05, 0) is 48.5 Å². The van der Waals surface area contributed by atoms with Gasteiger partial charge in [-0.3, -0.25) is 0 Å². The van der Waals surface area contributed by atoms with Gasteiger partial charge in [-0.1, -0.05) is 15.9 Å². The van der Waals surface area contributed by atoms with Crippen molar-refractivity contribution in [1.29, 1.82) is 0 Å². The SMILES string of the molecule is COc1ccc(O)cc1.Oc1ccc(Br)cc1. The van der Waals surface area contributed by atoms with Crippen LogP contribution in [0, 0.1) is 0 Å². The van der Waals surface area contributed by atoms with Crippen molar-refractivity contribution in [3.05, 3.63) is 53.0 Å². The first kappa shape index (κ1) is 13.4. The Bertz CT molecular complexity index is 416. The van der Waals surface area contributed by atoms with Crippen molar-refractivity contribution in [3.63, 3.8) is 0 Å². The van der Waals surface area contributed by atoms with E-state index in [1.165, 1.54) is 0 Å². The van der Waals surface area contributed by atoms with E-state index in [2.05, 4.69) is 15.9 Å². The fraction of sp³-hybridized carbons (Fsp3) is 0.0769. The zero-order chi connectivity index (χ0) is 12.7. The van der Waals surface area contributed by atoms with Gasteiger partial charge in [0.1, 0.15) is 17.2 Å². The lowest BCUT2D eigenvalue weighted by Gasteiger charge is -1.96. The summed E-state index contributed by atoms with van der Waals surface area (Å²) in [5.74, 6) is 1.32.